The molecular formula is C24H24N2O3S. The Hall–Kier alpha value is -3.12. The number of para-hydroxylation sites is 2. The highest BCUT2D eigenvalue weighted by Crippen LogP contribution is 2.30. The summed E-state index contributed by atoms with van der Waals surface area (Å²) in [6.45, 7) is 0.413. The third kappa shape index (κ3) is 5.07. The summed E-state index contributed by atoms with van der Waals surface area (Å²) in [5.41, 5.74) is 2.17. The van der Waals surface area contributed by atoms with E-state index in [4.69, 9.17) is 4.74 Å². The van der Waals surface area contributed by atoms with Gasteiger partial charge in [0.05, 0.1) is 16.7 Å². The molecule has 1 heterocycles. The zero-order valence-electron chi connectivity index (χ0n) is 16.6. The molecule has 0 spiro atoms. The molecule has 4 rings (SSSR count). The van der Waals surface area contributed by atoms with Crippen molar-refractivity contribution < 1.29 is 14.3 Å². The number of rotatable bonds is 7. The summed E-state index contributed by atoms with van der Waals surface area (Å²) in [6.07, 6.45) is 4.74. The molecule has 0 unspecified atom stereocenters. The van der Waals surface area contributed by atoms with Crippen LogP contribution in [0.15, 0.2) is 66.0 Å². The average Bonchev–Trinajstić information content (AvgIpc) is 3.48. The van der Waals surface area contributed by atoms with E-state index < -0.39 is 0 Å². The molecule has 1 aliphatic rings. The van der Waals surface area contributed by atoms with E-state index in [2.05, 4.69) is 10.6 Å². The quantitative estimate of drug-likeness (QED) is 0.548. The summed E-state index contributed by atoms with van der Waals surface area (Å²) in [5, 5.41) is 7.72. The van der Waals surface area contributed by atoms with Gasteiger partial charge in [-0.05, 0) is 67.0 Å². The van der Waals surface area contributed by atoms with Crippen LogP contribution < -0.4 is 15.4 Å². The minimum atomic E-state index is -0.188. The molecule has 0 bridgehead atoms. The standard InChI is InChI=1S/C24H24N2O3S/c27-23(26-20-8-3-4-9-21(20)29-19-6-1-2-7-19)18-13-11-17(12-14-18)16-25-24(28)22-10-5-15-30-22/h3-5,8-15,19H,1-2,6-7,16H2,(H,25,28)(H,26,27). The number of carbonyl (C=O) groups excluding carboxylic acids is 2. The van der Waals surface area contributed by atoms with Crippen molar-refractivity contribution in [2.45, 2.75) is 38.3 Å². The predicted molar refractivity (Wildman–Crippen MR) is 119 cm³/mol. The number of hydrogen-bond acceptors (Lipinski definition) is 4. The number of nitrogens with one attached hydrogen (secondary N) is 2. The van der Waals surface area contributed by atoms with Gasteiger partial charge in [-0.1, -0.05) is 30.3 Å². The highest BCUT2D eigenvalue weighted by atomic mass is 32.1. The number of hydrogen-bond donors (Lipinski definition) is 2. The molecule has 3 aromatic rings. The van der Waals surface area contributed by atoms with Crippen molar-refractivity contribution in [1.29, 1.82) is 0 Å². The van der Waals surface area contributed by atoms with Gasteiger partial charge in [-0.25, -0.2) is 0 Å². The van der Waals surface area contributed by atoms with E-state index >= 15 is 0 Å². The molecule has 30 heavy (non-hydrogen) atoms. The maximum Gasteiger partial charge on any atom is 0.261 e. The van der Waals surface area contributed by atoms with E-state index in [0.717, 1.165) is 18.4 Å². The van der Waals surface area contributed by atoms with Crippen LogP contribution in [0.3, 0.4) is 0 Å². The van der Waals surface area contributed by atoms with Gasteiger partial charge in [0, 0.05) is 12.1 Å². The maximum atomic E-state index is 12.7. The highest BCUT2D eigenvalue weighted by molar-refractivity contribution is 7.12. The fourth-order valence-corrected chi connectivity index (χ4v) is 4.14. The Morgan fingerprint density at radius 3 is 2.43 bits per heavy atom. The van der Waals surface area contributed by atoms with Crippen LogP contribution in [-0.2, 0) is 6.54 Å². The fourth-order valence-electron chi connectivity index (χ4n) is 3.50. The van der Waals surface area contributed by atoms with Gasteiger partial charge >= 0.3 is 0 Å². The Morgan fingerprint density at radius 1 is 0.933 bits per heavy atom. The molecule has 2 aromatic carbocycles. The van der Waals surface area contributed by atoms with Crippen molar-refractivity contribution in [1.82, 2.24) is 5.32 Å². The number of amides is 2. The Balaban J connectivity index is 1.35. The third-order valence-electron chi connectivity index (χ3n) is 5.15. The lowest BCUT2D eigenvalue weighted by atomic mass is 10.1. The molecule has 1 saturated carbocycles. The van der Waals surface area contributed by atoms with Crippen molar-refractivity contribution in [3.05, 3.63) is 82.0 Å². The second-order valence-corrected chi connectivity index (χ2v) is 8.28. The lowest BCUT2D eigenvalue weighted by Gasteiger charge is -2.17. The Bertz CT molecular complexity index is 994. The number of anilines is 1. The first kappa shape index (κ1) is 20.2. The number of benzene rings is 2. The minimum Gasteiger partial charge on any atom is -0.488 e. The molecule has 0 radical (unpaired) electrons. The lowest BCUT2D eigenvalue weighted by Crippen LogP contribution is -2.21. The number of ether oxygens (including phenoxy) is 1. The molecule has 0 saturated heterocycles. The summed E-state index contributed by atoms with van der Waals surface area (Å²) >= 11 is 1.41. The summed E-state index contributed by atoms with van der Waals surface area (Å²) in [6, 6.07) is 18.4. The van der Waals surface area contributed by atoms with Crippen LogP contribution in [0.4, 0.5) is 5.69 Å². The molecular weight excluding hydrogens is 396 g/mol. The van der Waals surface area contributed by atoms with Gasteiger partial charge in [-0.15, -0.1) is 11.3 Å². The Morgan fingerprint density at radius 2 is 1.70 bits per heavy atom. The molecule has 6 heteroatoms. The molecule has 154 valence electrons. The van der Waals surface area contributed by atoms with Crippen molar-refractivity contribution >= 4 is 28.8 Å². The molecule has 5 nitrogen and oxygen atoms in total. The zero-order chi connectivity index (χ0) is 20.8. The van der Waals surface area contributed by atoms with Crippen LogP contribution >= 0.6 is 11.3 Å². The Labute approximate surface area is 180 Å². The van der Waals surface area contributed by atoms with Gasteiger partial charge < -0.3 is 15.4 Å². The smallest absolute Gasteiger partial charge is 0.261 e. The summed E-state index contributed by atoms with van der Waals surface area (Å²) < 4.78 is 6.09. The van der Waals surface area contributed by atoms with Gasteiger partial charge in [0.25, 0.3) is 11.8 Å². The SMILES string of the molecule is O=C(Nc1ccccc1OC1CCCC1)c1ccc(CNC(=O)c2cccs2)cc1. The third-order valence-corrected chi connectivity index (χ3v) is 6.01. The molecule has 1 fully saturated rings. The average molecular weight is 421 g/mol. The first-order valence-electron chi connectivity index (χ1n) is 10.2. The molecule has 2 N–H and O–H groups in total. The largest absolute Gasteiger partial charge is 0.488 e. The molecule has 1 aliphatic carbocycles. The molecule has 0 atom stereocenters. The highest BCUT2D eigenvalue weighted by Gasteiger charge is 2.18. The second kappa shape index (κ2) is 9.59. The van der Waals surface area contributed by atoms with E-state index in [0.29, 0.717) is 28.4 Å². The van der Waals surface area contributed by atoms with Gasteiger partial charge in [0.1, 0.15) is 5.75 Å². The van der Waals surface area contributed by atoms with Gasteiger partial charge in [-0.2, -0.15) is 0 Å². The van der Waals surface area contributed by atoms with Crippen LogP contribution in [0, 0.1) is 0 Å². The first-order valence-corrected chi connectivity index (χ1v) is 11.0. The van der Waals surface area contributed by atoms with E-state index in [9.17, 15) is 9.59 Å². The van der Waals surface area contributed by atoms with E-state index in [1.165, 1.54) is 24.2 Å². The van der Waals surface area contributed by atoms with E-state index in [-0.39, 0.29) is 17.9 Å². The van der Waals surface area contributed by atoms with E-state index in [1.54, 1.807) is 18.2 Å². The van der Waals surface area contributed by atoms with Crippen LogP contribution in [0.5, 0.6) is 5.75 Å². The predicted octanol–water partition coefficient (Wildman–Crippen LogP) is 5.25. The van der Waals surface area contributed by atoms with Gasteiger partial charge in [0.15, 0.2) is 0 Å². The fraction of sp³-hybridized carbons (Fsp3) is 0.250. The monoisotopic (exact) mass is 420 g/mol. The van der Waals surface area contributed by atoms with Crippen molar-refractivity contribution in [2.75, 3.05) is 5.32 Å². The Kier molecular flexibility index (Phi) is 6.44. The molecule has 2 amide bonds. The lowest BCUT2D eigenvalue weighted by molar-refractivity contribution is 0.0953. The molecule has 0 aliphatic heterocycles. The van der Waals surface area contributed by atoms with Crippen LogP contribution in [0.2, 0.25) is 0 Å². The van der Waals surface area contributed by atoms with Crippen LogP contribution in [0.1, 0.15) is 51.3 Å². The molecule has 1 aromatic heterocycles. The van der Waals surface area contributed by atoms with Crippen molar-refractivity contribution in [2.24, 2.45) is 0 Å². The first-order chi connectivity index (χ1) is 14.7. The summed E-state index contributed by atoms with van der Waals surface area (Å²) in [7, 11) is 0. The normalized spacial score (nSPS) is 13.7. The van der Waals surface area contributed by atoms with Crippen LogP contribution in [0.25, 0.3) is 0 Å². The minimum absolute atomic E-state index is 0.0920. The topological polar surface area (TPSA) is 67.4 Å². The van der Waals surface area contributed by atoms with Gasteiger partial charge in [0.2, 0.25) is 0 Å². The maximum absolute atomic E-state index is 12.7. The van der Waals surface area contributed by atoms with Crippen molar-refractivity contribution in [3.8, 4) is 5.75 Å². The number of thiophene rings is 1. The van der Waals surface area contributed by atoms with Crippen LogP contribution in [-0.4, -0.2) is 17.9 Å². The van der Waals surface area contributed by atoms with Crippen molar-refractivity contribution in [3.63, 3.8) is 0 Å². The second-order valence-electron chi connectivity index (χ2n) is 7.33. The zero-order valence-corrected chi connectivity index (χ0v) is 17.4. The summed E-state index contributed by atoms with van der Waals surface area (Å²) in [4.78, 5) is 25.4. The van der Waals surface area contributed by atoms with E-state index in [1.807, 2.05) is 47.8 Å². The van der Waals surface area contributed by atoms with Gasteiger partial charge in [-0.3, -0.25) is 9.59 Å². The number of carbonyl (C=O) groups is 2. The summed E-state index contributed by atoms with van der Waals surface area (Å²) in [5.74, 6) is 0.433.